The summed E-state index contributed by atoms with van der Waals surface area (Å²) in [5.74, 6) is -0.816. The van der Waals surface area contributed by atoms with Crippen molar-refractivity contribution < 1.29 is 18.0 Å². The van der Waals surface area contributed by atoms with E-state index in [1.165, 1.54) is 23.1 Å². The molecule has 0 fully saturated rings. The number of amides is 2. The lowest BCUT2D eigenvalue weighted by molar-refractivity contribution is -0.140. The highest BCUT2D eigenvalue weighted by atomic mass is 35.5. The van der Waals surface area contributed by atoms with Crippen molar-refractivity contribution in [2.75, 3.05) is 17.4 Å². The fourth-order valence-corrected chi connectivity index (χ4v) is 6.96. The quantitative estimate of drug-likeness (QED) is 0.153. The van der Waals surface area contributed by atoms with Crippen molar-refractivity contribution in [1.82, 2.24) is 10.2 Å². The van der Waals surface area contributed by atoms with Gasteiger partial charge in [-0.2, -0.15) is 0 Å². The molecule has 1 unspecified atom stereocenters. The number of carbonyl (C=O) groups is 2. The largest absolute Gasteiger partial charge is 0.354 e. The second-order valence-corrected chi connectivity index (χ2v) is 15.0. The highest BCUT2D eigenvalue weighted by Crippen LogP contribution is 2.30. The van der Waals surface area contributed by atoms with Crippen LogP contribution < -0.4 is 9.62 Å². The van der Waals surface area contributed by atoms with Crippen LogP contribution in [0.2, 0.25) is 15.1 Å². The molecule has 4 rings (SSSR count). The first-order valence-corrected chi connectivity index (χ1v) is 17.7. The van der Waals surface area contributed by atoms with Crippen LogP contribution in [0.4, 0.5) is 5.69 Å². The lowest BCUT2D eigenvalue weighted by atomic mass is 10.0. The van der Waals surface area contributed by atoms with Crippen molar-refractivity contribution >= 4 is 62.3 Å². The number of hydrogen-bond acceptors (Lipinski definition) is 4. The van der Waals surface area contributed by atoms with E-state index in [-0.39, 0.29) is 35.4 Å². The normalized spacial score (nSPS) is 12.1. The van der Waals surface area contributed by atoms with E-state index in [1.54, 1.807) is 49.4 Å². The Morgan fingerprint density at radius 3 is 2.13 bits per heavy atom. The fourth-order valence-electron chi connectivity index (χ4n) is 4.91. The van der Waals surface area contributed by atoms with Crippen LogP contribution in [-0.2, 0) is 32.6 Å². The van der Waals surface area contributed by atoms with Gasteiger partial charge in [0.2, 0.25) is 11.8 Å². The van der Waals surface area contributed by atoms with E-state index in [4.69, 9.17) is 34.8 Å². The first kappa shape index (κ1) is 36.3. The van der Waals surface area contributed by atoms with Gasteiger partial charge in [-0.15, -0.1) is 0 Å². The maximum absolute atomic E-state index is 14.6. The van der Waals surface area contributed by atoms with Crippen LogP contribution in [-0.4, -0.2) is 44.3 Å². The van der Waals surface area contributed by atoms with Crippen LogP contribution in [0, 0.1) is 19.8 Å². The van der Waals surface area contributed by atoms with Gasteiger partial charge in [-0.3, -0.25) is 13.9 Å². The lowest BCUT2D eigenvalue weighted by Gasteiger charge is -2.34. The number of nitrogens with zero attached hydrogens (tertiary/aromatic N) is 2. The molecule has 0 aromatic heterocycles. The number of nitrogens with one attached hydrogen (secondary N) is 1. The van der Waals surface area contributed by atoms with E-state index >= 15 is 0 Å². The van der Waals surface area contributed by atoms with E-state index in [2.05, 4.69) is 5.32 Å². The highest BCUT2D eigenvalue weighted by molar-refractivity contribution is 7.92. The van der Waals surface area contributed by atoms with E-state index in [0.717, 1.165) is 21.0 Å². The summed E-state index contributed by atoms with van der Waals surface area (Å²) in [7, 11) is -4.26. The molecule has 11 heteroatoms. The molecule has 4 aromatic rings. The molecule has 7 nitrogen and oxygen atoms in total. The second kappa shape index (κ2) is 16.0. The first-order valence-electron chi connectivity index (χ1n) is 15.2. The van der Waals surface area contributed by atoms with Crippen LogP contribution in [0.25, 0.3) is 0 Å². The predicted octanol–water partition coefficient (Wildman–Crippen LogP) is 7.87. The Kier molecular flexibility index (Phi) is 12.4. The van der Waals surface area contributed by atoms with Crippen LogP contribution >= 0.6 is 34.8 Å². The summed E-state index contributed by atoms with van der Waals surface area (Å²) in [4.78, 5) is 29.9. The smallest absolute Gasteiger partial charge is 0.264 e. The molecule has 1 atom stereocenters. The summed E-state index contributed by atoms with van der Waals surface area (Å²) in [6, 6.07) is 24.5. The van der Waals surface area contributed by atoms with E-state index < -0.39 is 28.5 Å². The van der Waals surface area contributed by atoms with Crippen LogP contribution in [0.15, 0.2) is 95.9 Å². The maximum Gasteiger partial charge on any atom is 0.264 e. The maximum atomic E-state index is 14.6. The third-order valence-electron chi connectivity index (χ3n) is 7.64. The van der Waals surface area contributed by atoms with Gasteiger partial charge in [0.05, 0.1) is 10.6 Å². The average Bonchev–Trinajstić information content (AvgIpc) is 3.03. The number of sulfonamides is 1. The Morgan fingerprint density at radius 2 is 1.51 bits per heavy atom. The lowest BCUT2D eigenvalue weighted by Crippen LogP contribution is -2.53. The van der Waals surface area contributed by atoms with Gasteiger partial charge >= 0.3 is 0 Å². The summed E-state index contributed by atoms with van der Waals surface area (Å²) in [6.07, 6.45) is 0.183. The van der Waals surface area contributed by atoms with Crippen molar-refractivity contribution in [1.29, 1.82) is 0 Å². The molecule has 0 saturated heterocycles. The molecule has 0 aliphatic heterocycles. The van der Waals surface area contributed by atoms with Crippen LogP contribution in [0.5, 0.6) is 0 Å². The summed E-state index contributed by atoms with van der Waals surface area (Å²) in [5, 5.41) is 4.04. The molecular weight excluding hydrogens is 677 g/mol. The topological polar surface area (TPSA) is 86.8 Å². The van der Waals surface area contributed by atoms with Gasteiger partial charge in [-0.1, -0.05) is 109 Å². The van der Waals surface area contributed by atoms with E-state index in [1.807, 2.05) is 51.1 Å². The molecule has 0 aliphatic carbocycles. The summed E-state index contributed by atoms with van der Waals surface area (Å²) >= 11 is 19.2. The number of anilines is 1. The van der Waals surface area contributed by atoms with Crippen LogP contribution in [0.3, 0.4) is 0 Å². The van der Waals surface area contributed by atoms with Gasteiger partial charge in [-0.25, -0.2) is 8.42 Å². The standard InChI is InChI=1S/C36H38Cl3N3O4S/c1-24(2)21-40-36(44)34(18-27-8-6-5-7-9-27)41(22-28-13-14-29(37)19-33(28)39)35(43)23-42(30-15-12-26(4)32(38)20-30)47(45,46)31-16-10-25(3)11-17-31/h5-17,19-20,24,34H,18,21-23H2,1-4H3,(H,40,44). The number of benzene rings is 4. The van der Waals surface area contributed by atoms with Crippen molar-refractivity contribution in [2.24, 2.45) is 5.92 Å². The monoisotopic (exact) mass is 713 g/mol. The third-order valence-corrected chi connectivity index (χ3v) is 10.4. The number of rotatable bonds is 13. The predicted molar refractivity (Wildman–Crippen MR) is 191 cm³/mol. The second-order valence-electron chi connectivity index (χ2n) is 11.9. The molecule has 0 heterocycles. The molecule has 248 valence electrons. The molecule has 0 bridgehead atoms. The summed E-state index contributed by atoms with van der Waals surface area (Å²) < 4.78 is 29.5. The number of carbonyl (C=O) groups excluding carboxylic acids is 2. The molecule has 2 amide bonds. The summed E-state index contributed by atoms with van der Waals surface area (Å²) in [6.45, 7) is 7.32. The zero-order valence-electron chi connectivity index (χ0n) is 26.7. The van der Waals surface area contributed by atoms with Gasteiger partial charge in [0.15, 0.2) is 0 Å². The molecule has 1 N–H and O–H groups in total. The van der Waals surface area contributed by atoms with Gasteiger partial charge in [0.25, 0.3) is 10.0 Å². The summed E-state index contributed by atoms with van der Waals surface area (Å²) in [5.41, 5.74) is 3.21. The zero-order chi connectivity index (χ0) is 34.3. The van der Waals surface area contributed by atoms with Crippen molar-refractivity contribution in [3.63, 3.8) is 0 Å². The van der Waals surface area contributed by atoms with Crippen LogP contribution in [0.1, 0.15) is 36.1 Å². The Hall–Kier alpha value is -3.56. The Morgan fingerprint density at radius 1 is 0.830 bits per heavy atom. The number of halogens is 3. The van der Waals surface area contributed by atoms with E-state index in [0.29, 0.717) is 27.2 Å². The molecule has 0 saturated carbocycles. The minimum Gasteiger partial charge on any atom is -0.354 e. The Balaban J connectivity index is 1.84. The molecule has 0 spiro atoms. The van der Waals surface area contributed by atoms with Gasteiger partial charge < -0.3 is 10.2 Å². The molecule has 4 aromatic carbocycles. The van der Waals surface area contributed by atoms with Gasteiger partial charge in [-0.05, 0) is 72.9 Å². The average molecular weight is 715 g/mol. The number of hydrogen-bond donors (Lipinski definition) is 1. The first-order chi connectivity index (χ1) is 22.3. The molecule has 0 aliphatic rings. The van der Waals surface area contributed by atoms with Crippen molar-refractivity contribution in [3.8, 4) is 0 Å². The van der Waals surface area contributed by atoms with E-state index in [9.17, 15) is 18.0 Å². The van der Waals surface area contributed by atoms with Gasteiger partial charge in [0.1, 0.15) is 12.6 Å². The molecule has 0 radical (unpaired) electrons. The molecular formula is C36H38Cl3N3O4S. The Bertz CT molecular complexity index is 1820. The van der Waals surface area contributed by atoms with Crippen molar-refractivity contribution in [2.45, 2.75) is 51.6 Å². The highest BCUT2D eigenvalue weighted by Gasteiger charge is 2.35. The Labute approximate surface area is 292 Å². The molecule has 47 heavy (non-hydrogen) atoms. The van der Waals surface area contributed by atoms with Crippen molar-refractivity contribution in [3.05, 3.63) is 128 Å². The zero-order valence-corrected chi connectivity index (χ0v) is 29.8. The third kappa shape index (κ3) is 9.51. The SMILES string of the molecule is Cc1ccc(S(=O)(=O)N(CC(=O)N(Cc2ccc(Cl)cc2Cl)C(Cc2ccccc2)C(=O)NCC(C)C)c2ccc(C)c(Cl)c2)cc1. The fraction of sp³-hybridized carbons (Fsp3) is 0.278. The number of aryl methyl sites for hydroxylation is 2. The van der Waals surface area contributed by atoms with Gasteiger partial charge in [0, 0.05) is 34.6 Å². The minimum absolute atomic E-state index is 0.00963. The minimum atomic E-state index is -4.26.